The quantitative estimate of drug-likeness (QED) is 0.827. The Balaban J connectivity index is 1.82. The van der Waals surface area contributed by atoms with Crippen LogP contribution >= 0.6 is 0 Å². The molecular weight excluding hydrogens is 294 g/mol. The standard InChI is InChI=1S/C17H23N3O3/c1-23-14-4-2-12-3-5-17(22)20(15(12)8-14)7-6-19-10-13(9-18)16(21)11-19/h2-5,8,13,16,21H,6-7,9-11,18H2,1H3/t13-,16+/m1/s1. The van der Waals surface area contributed by atoms with E-state index < -0.39 is 0 Å². The first-order chi connectivity index (χ1) is 11.1. The van der Waals surface area contributed by atoms with Gasteiger partial charge in [-0.15, -0.1) is 0 Å². The number of methoxy groups -OCH3 is 1. The molecule has 1 fully saturated rings. The molecule has 3 N–H and O–H groups in total. The Hall–Kier alpha value is -1.89. The minimum absolute atomic E-state index is 0.0270. The molecule has 2 atom stereocenters. The molecule has 0 unspecified atom stereocenters. The van der Waals surface area contributed by atoms with Crippen LogP contribution in [-0.4, -0.2) is 54.0 Å². The van der Waals surface area contributed by atoms with Gasteiger partial charge in [-0.05, 0) is 30.1 Å². The van der Waals surface area contributed by atoms with Gasteiger partial charge >= 0.3 is 0 Å². The fourth-order valence-corrected chi connectivity index (χ4v) is 3.22. The zero-order valence-corrected chi connectivity index (χ0v) is 13.3. The molecule has 0 radical (unpaired) electrons. The van der Waals surface area contributed by atoms with Gasteiger partial charge in [0.15, 0.2) is 0 Å². The van der Waals surface area contributed by atoms with E-state index in [2.05, 4.69) is 4.90 Å². The van der Waals surface area contributed by atoms with Crippen LogP contribution in [0.4, 0.5) is 0 Å². The van der Waals surface area contributed by atoms with Crippen LogP contribution < -0.4 is 16.0 Å². The second kappa shape index (κ2) is 6.70. The third-order valence-electron chi connectivity index (χ3n) is 4.62. The molecule has 0 bridgehead atoms. The van der Waals surface area contributed by atoms with Crippen molar-refractivity contribution < 1.29 is 9.84 Å². The van der Waals surface area contributed by atoms with Crippen molar-refractivity contribution in [3.63, 3.8) is 0 Å². The van der Waals surface area contributed by atoms with Gasteiger partial charge in [-0.25, -0.2) is 0 Å². The normalized spacial score (nSPS) is 21.9. The number of benzene rings is 1. The molecule has 0 aliphatic carbocycles. The number of fused-ring (bicyclic) bond motifs is 1. The van der Waals surface area contributed by atoms with Gasteiger partial charge in [0.25, 0.3) is 5.56 Å². The molecule has 1 aliphatic rings. The fourth-order valence-electron chi connectivity index (χ4n) is 3.22. The lowest BCUT2D eigenvalue weighted by molar-refractivity contribution is 0.144. The van der Waals surface area contributed by atoms with Gasteiger partial charge in [-0.1, -0.05) is 0 Å². The fraction of sp³-hybridized carbons (Fsp3) is 0.471. The predicted molar refractivity (Wildman–Crippen MR) is 89.8 cm³/mol. The summed E-state index contributed by atoms with van der Waals surface area (Å²) in [6.45, 7) is 3.17. The minimum Gasteiger partial charge on any atom is -0.497 e. The zero-order chi connectivity index (χ0) is 16.4. The van der Waals surface area contributed by atoms with Crippen LogP contribution in [0.5, 0.6) is 5.75 Å². The van der Waals surface area contributed by atoms with Crippen molar-refractivity contribution in [3.05, 3.63) is 40.7 Å². The molecule has 124 valence electrons. The van der Waals surface area contributed by atoms with Crippen LogP contribution in [0.2, 0.25) is 0 Å². The number of nitrogens with zero attached hydrogens (tertiary/aromatic N) is 2. The van der Waals surface area contributed by atoms with Gasteiger partial charge in [-0.3, -0.25) is 9.69 Å². The number of pyridine rings is 1. The lowest BCUT2D eigenvalue weighted by Gasteiger charge is -2.17. The second-order valence-corrected chi connectivity index (χ2v) is 6.07. The Bertz CT molecular complexity index is 743. The summed E-state index contributed by atoms with van der Waals surface area (Å²) in [4.78, 5) is 14.4. The highest BCUT2D eigenvalue weighted by Crippen LogP contribution is 2.20. The number of aromatic nitrogens is 1. The van der Waals surface area contributed by atoms with E-state index in [4.69, 9.17) is 10.5 Å². The van der Waals surface area contributed by atoms with E-state index in [1.807, 2.05) is 24.3 Å². The maximum Gasteiger partial charge on any atom is 0.251 e. The summed E-state index contributed by atoms with van der Waals surface area (Å²) in [5.41, 5.74) is 6.51. The van der Waals surface area contributed by atoms with Crippen molar-refractivity contribution in [2.45, 2.75) is 12.6 Å². The summed E-state index contributed by atoms with van der Waals surface area (Å²) in [7, 11) is 1.62. The molecule has 1 aromatic heterocycles. The van der Waals surface area contributed by atoms with Crippen molar-refractivity contribution in [3.8, 4) is 5.75 Å². The Kier molecular flexibility index (Phi) is 4.66. The van der Waals surface area contributed by atoms with Gasteiger partial charge in [0.1, 0.15) is 5.75 Å². The summed E-state index contributed by atoms with van der Waals surface area (Å²) in [6.07, 6.45) is -0.371. The summed E-state index contributed by atoms with van der Waals surface area (Å²) < 4.78 is 7.03. The predicted octanol–water partition coefficient (Wildman–Crippen LogP) is 0.262. The highest BCUT2D eigenvalue weighted by Gasteiger charge is 2.29. The van der Waals surface area contributed by atoms with Crippen molar-refractivity contribution in [2.24, 2.45) is 11.7 Å². The lowest BCUT2D eigenvalue weighted by atomic mass is 10.1. The number of nitrogens with two attached hydrogens (primary N) is 1. The third-order valence-corrected chi connectivity index (χ3v) is 4.62. The summed E-state index contributed by atoms with van der Waals surface area (Å²) in [6, 6.07) is 9.15. The number of rotatable bonds is 5. The summed E-state index contributed by atoms with van der Waals surface area (Å²) >= 11 is 0. The second-order valence-electron chi connectivity index (χ2n) is 6.07. The summed E-state index contributed by atoms with van der Waals surface area (Å²) in [5.74, 6) is 0.857. The van der Waals surface area contributed by atoms with Gasteiger partial charge in [0.05, 0.1) is 18.7 Å². The zero-order valence-electron chi connectivity index (χ0n) is 13.3. The lowest BCUT2D eigenvalue weighted by Crippen LogP contribution is -2.30. The first kappa shape index (κ1) is 16.0. The van der Waals surface area contributed by atoms with E-state index in [-0.39, 0.29) is 17.6 Å². The molecule has 23 heavy (non-hydrogen) atoms. The SMILES string of the molecule is COc1ccc2ccc(=O)n(CCN3C[C@@H](CN)[C@@H](O)C3)c2c1. The largest absolute Gasteiger partial charge is 0.497 e. The number of hydrogen-bond donors (Lipinski definition) is 2. The minimum atomic E-state index is -0.371. The molecule has 6 nitrogen and oxygen atoms in total. The van der Waals surface area contributed by atoms with Crippen molar-refractivity contribution >= 4 is 10.9 Å². The van der Waals surface area contributed by atoms with Crippen molar-refractivity contribution in [2.75, 3.05) is 33.3 Å². The maximum atomic E-state index is 12.3. The van der Waals surface area contributed by atoms with Crippen LogP contribution in [-0.2, 0) is 6.54 Å². The molecule has 1 aromatic carbocycles. The molecular formula is C17H23N3O3. The molecule has 3 rings (SSSR count). The Morgan fingerprint density at radius 1 is 1.26 bits per heavy atom. The molecule has 1 aliphatic heterocycles. The number of likely N-dealkylation sites (tertiary alicyclic amines) is 1. The topological polar surface area (TPSA) is 80.7 Å². The van der Waals surface area contributed by atoms with E-state index in [0.717, 1.165) is 23.2 Å². The van der Waals surface area contributed by atoms with Crippen LogP contribution in [0.15, 0.2) is 35.1 Å². The van der Waals surface area contributed by atoms with Crippen LogP contribution in [0.1, 0.15) is 0 Å². The van der Waals surface area contributed by atoms with E-state index in [0.29, 0.717) is 26.2 Å². The number of aliphatic hydroxyl groups excluding tert-OH is 1. The number of hydrogen-bond acceptors (Lipinski definition) is 5. The van der Waals surface area contributed by atoms with Crippen LogP contribution in [0.25, 0.3) is 10.9 Å². The Morgan fingerprint density at radius 3 is 2.74 bits per heavy atom. The highest BCUT2D eigenvalue weighted by molar-refractivity contribution is 5.80. The first-order valence-electron chi connectivity index (χ1n) is 7.90. The summed E-state index contributed by atoms with van der Waals surface area (Å²) in [5, 5.41) is 11.0. The smallest absolute Gasteiger partial charge is 0.251 e. The third kappa shape index (κ3) is 3.24. The highest BCUT2D eigenvalue weighted by atomic mass is 16.5. The molecule has 2 heterocycles. The number of β-amino-alcohol motifs (C(OH)–C–C–N with tert-alkyl or cyclic N) is 1. The number of aliphatic hydroxyl groups is 1. The Labute approximate surface area is 135 Å². The van der Waals surface area contributed by atoms with Gasteiger partial charge in [0.2, 0.25) is 0 Å². The Morgan fingerprint density at radius 2 is 2.04 bits per heavy atom. The number of ether oxygens (including phenoxy) is 1. The van der Waals surface area contributed by atoms with Crippen molar-refractivity contribution in [1.29, 1.82) is 0 Å². The molecule has 0 amide bonds. The van der Waals surface area contributed by atoms with E-state index in [1.54, 1.807) is 17.7 Å². The van der Waals surface area contributed by atoms with Gasteiger partial charge < -0.3 is 20.1 Å². The molecule has 2 aromatic rings. The molecule has 6 heteroatoms. The van der Waals surface area contributed by atoms with E-state index in [1.165, 1.54) is 0 Å². The average molecular weight is 317 g/mol. The van der Waals surface area contributed by atoms with E-state index >= 15 is 0 Å². The van der Waals surface area contributed by atoms with Crippen LogP contribution in [0, 0.1) is 5.92 Å². The van der Waals surface area contributed by atoms with Gasteiger partial charge in [-0.2, -0.15) is 0 Å². The first-order valence-corrected chi connectivity index (χ1v) is 7.90. The molecule has 0 spiro atoms. The van der Waals surface area contributed by atoms with Crippen molar-refractivity contribution in [1.82, 2.24) is 9.47 Å². The van der Waals surface area contributed by atoms with Gasteiger partial charge in [0, 0.05) is 44.2 Å². The van der Waals surface area contributed by atoms with E-state index in [9.17, 15) is 9.90 Å². The molecule has 1 saturated heterocycles. The maximum absolute atomic E-state index is 12.3. The molecule has 0 saturated carbocycles. The monoisotopic (exact) mass is 317 g/mol. The van der Waals surface area contributed by atoms with Crippen LogP contribution in [0.3, 0.4) is 0 Å². The average Bonchev–Trinajstić information content (AvgIpc) is 2.93.